The van der Waals surface area contributed by atoms with E-state index in [-0.39, 0.29) is 5.41 Å². The van der Waals surface area contributed by atoms with Gasteiger partial charge < -0.3 is 14.2 Å². The maximum absolute atomic E-state index is 13.2. The standard InChI is InChI=1S/C19H30N4O3/c1-25-11-6-16-20-17(26-21-16)13-22-10-8-19(14-22)7-3-9-23(18(19)24)12-15-4-2-5-15/h15H,2-14H2,1H3/t19-/m0/s1. The molecular weight excluding hydrogens is 332 g/mol. The highest BCUT2D eigenvalue weighted by Crippen LogP contribution is 2.41. The van der Waals surface area contributed by atoms with Crippen LogP contribution in [0.3, 0.4) is 0 Å². The normalized spacial score (nSPS) is 27.4. The molecule has 3 aliphatic rings. The lowest BCUT2D eigenvalue weighted by Crippen LogP contribution is -2.51. The molecule has 0 radical (unpaired) electrons. The van der Waals surface area contributed by atoms with Crippen LogP contribution in [0.4, 0.5) is 0 Å². The van der Waals surface area contributed by atoms with Gasteiger partial charge in [-0.15, -0.1) is 0 Å². The molecule has 2 aliphatic heterocycles. The lowest BCUT2D eigenvalue weighted by atomic mass is 9.77. The third-order valence-electron chi connectivity index (χ3n) is 6.36. The molecule has 1 aliphatic carbocycles. The number of aromatic nitrogens is 2. The molecule has 0 unspecified atom stereocenters. The highest BCUT2D eigenvalue weighted by Gasteiger charge is 2.48. The lowest BCUT2D eigenvalue weighted by Gasteiger charge is -2.42. The first kappa shape index (κ1) is 17.9. The molecule has 0 bridgehead atoms. The Balaban J connectivity index is 1.34. The summed E-state index contributed by atoms with van der Waals surface area (Å²) in [6.45, 7) is 4.91. The molecule has 3 heterocycles. The van der Waals surface area contributed by atoms with Gasteiger partial charge in [0.15, 0.2) is 5.82 Å². The number of ether oxygens (including phenoxy) is 1. The van der Waals surface area contributed by atoms with Gasteiger partial charge in [0.2, 0.25) is 11.8 Å². The minimum absolute atomic E-state index is 0.180. The van der Waals surface area contributed by atoms with Gasteiger partial charge in [0, 0.05) is 33.2 Å². The molecule has 1 atom stereocenters. The average Bonchev–Trinajstić information content (AvgIpc) is 3.21. The molecule has 7 heteroatoms. The summed E-state index contributed by atoms with van der Waals surface area (Å²) in [6.07, 6.45) is 7.70. The average molecular weight is 362 g/mol. The second kappa shape index (κ2) is 7.64. The first-order chi connectivity index (χ1) is 12.7. The van der Waals surface area contributed by atoms with Gasteiger partial charge in [-0.05, 0) is 44.6 Å². The molecular formula is C19H30N4O3. The molecule has 26 heavy (non-hydrogen) atoms. The van der Waals surface area contributed by atoms with Gasteiger partial charge in [0.1, 0.15) is 0 Å². The fraction of sp³-hybridized carbons (Fsp3) is 0.842. The highest BCUT2D eigenvalue weighted by atomic mass is 16.5. The Hall–Kier alpha value is -1.47. The van der Waals surface area contributed by atoms with E-state index in [9.17, 15) is 4.79 Å². The third kappa shape index (κ3) is 3.64. The first-order valence-electron chi connectivity index (χ1n) is 10.0. The number of carbonyl (C=O) groups excluding carboxylic acids is 1. The van der Waals surface area contributed by atoms with Crippen molar-refractivity contribution < 1.29 is 14.1 Å². The molecule has 1 aromatic heterocycles. The number of hydrogen-bond donors (Lipinski definition) is 0. The van der Waals surface area contributed by atoms with Gasteiger partial charge in [-0.2, -0.15) is 4.98 Å². The van der Waals surface area contributed by atoms with E-state index in [1.165, 1.54) is 19.3 Å². The Bertz CT molecular complexity index is 630. The van der Waals surface area contributed by atoms with E-state index < -0.39 is 0 Å². The van der Waals surface area contributed by atoms with Crippen molar-refractivity contribution in [1.29, 1.82) is 0 Å². The second-order valence-electron chi connectivity index (χ2n) is 8.24. The Morgan fingerprint density at radius 2 is 2.15 bits per heavy atom. The molecule has 7 nitrogen and oxygen atoms in total. The number of methoxy groups -OCH3 is 1. The summed E-state index contributed by atoms with van der Waals surface area (Å²) >= 11 is 0. The molecule has 0 N–H and O–H groups in total. The minimum atomic E-state index is -0.180. The summed E-state index contributed by atoms with van der Waals surface area (Å²) in [5, 5.41) is 4.01. The Labute approximate surface area is 155 Å². The monoisotopic (exact) mass is 362 g/mol. The topological polar surface area (TPSA) is 71.7 Å². The number of carbonyl (C=O) groups is 1. The van der Waals surface area contributed by atoms with Crippen LogP contribution in [0.5, 0.6) is 0 Å². The highest BCUT2D eigenvalue weighted by molar-refractivity contribution is 5.84. The van der Waals surface area contributed by atoms with Crippen molar-refractivity contribution in [2.24, 2.45) is 11.3 Å². The van der Waals surface area contributed by atoms with Crippen LogP contribution in [0, 0.1) is 11.3 Å². The van der Waals surface area contributed by atoms with Gasteiger partial charge >= 0.3 is 0 Å². The number of amides is 1. The van der Waals surface area contributed by atoms with Crippen molar-refractivity contribution in [2.75, 3.05) is 39.9 Å². The van der Waals surface area contributed by atoms with E-state index in [1.54, 1.807) is 7.11 Å². The molecule has 1 saturated carbocycles. The predicted octanol–water partition coefficient (Wildman–Crippen LogP) is 1.87. The van der Waals surface area contributed by atoms with E-state index in [0.717, 1.165) is 51.4 Å². The molecule has 144 valence electrons. The smallest absolute Gasteiger partial charge is 0.240 e. The Morgan fingerprint density at radius 1 is 1.27 bits per heavy atom. The van der Waals surface area contributed by atoms with Crippen LogP contribution in [-0.2, 0) is 22.5 Å². The quantitative estimate of drug-likeness (QED) is 0.737. The molecule has 0 aromatic carbocycles. The van der Waals surface area contributed by atoms with E-state index in [2.05, 4.69) is 19.9 Å². The van der Waals surface area contributed by atoms with Gasteiger partial charge in [0.05, 0.1) is 18.6 Å². The molecule has 1 aromatic rings. The molecule has 2 saturated heterocycles. The third-order valence-corrected chi connectivity index (χ3v) is 6.36. The number of likely N-dealkylation sites (tertiary alicyclic amines) is 2. The maximum Gasteiger partial charge on any atom is 0.240 e. The second-order valence-corrected chi connectivity index (χ2v) is 8.24. The molecule has 1 amide bonds. The first-order valence-corrected chi connectivity index (χ1v) is 10.0. The van der Waals surface area contributed by atoms with Gasteiger partial charge in [-0.25, -0.2) is 0 Å². The van der Waals surface area contributed by atoms with Crippen molar-refractivity contribution >= 4 is 5.91 Å². The molecule has 1 spiro atoms. The fourth-order valence-electron chi connectivity index (χ4n) is 4.63. The number of piperidine rings is 1. The fourth-order valence-corrected chi connectivity index (χ4v) is 4.63. The van der Waals surface area contributed by atoms with Crippen LogP contribution in [0.1, 0.15) is 50.2 Å². The largest absolute Gasteiger partial charge is 0.384 e. The Morgan fingerprint density at radius 3 is 2.92 bits per heavy atom. The van der Waals surface area contributed by atoms with Crippen LogP contribution in [0.15, 0.2) is 4.52 Å². The summed E-state index contributed by atoms with van der Waals surface area (Å²) in [4.78, 5) is 22.1. The molecule has 3 fully saturated rings. The number of hydrogen-bond acceptors (Lipinski definition) is 6. The summed E-state index contributed by atoms with van der Waals surface area (Å²) in [5.74, 6) is 2.47. The van der Waals surface area contributed by atoms with E-state index >= 15 is 0 Å². The number of nitrogens with zero attached hydrogens (tertiary/aromatic N) is 4. The summed E-state index contributed by atoms with van der Waals surface area (Å²) in [6, 6.07) is 0. The zero-order chi connectivity index (χ0) is 18.0. The zero-order valence-corrected chi connectivity index (χ0v) is 15.8. The van der Waals surface area contributed by atoms with Crippen LogP contribution in [0.2, 0.25) is 0 Å². The number of rotatable bonds is 7. The van der Waals surface area contributed by atoms with E-state index in [1.807, 2.05) is 0 Å². The van der Waals surface area contributed by atoms with E-state index in [4.69, 9.17) is 9.26 Å². The van der Waals surface area contributed by atoms with Crippen molar-refractivity contribution in [3.63, 3.8) is 0 Å². The maximum atomic E-state index is 13.2. The predicted molar refractivity (Wildman–Crippen MR) is 95.4 cm³/mol. The minimum Gasteiger partial charge on any atom is -0.384 e. The van der Waals surface area contributed by atoms with Crippen molar-refractivity contribution in [3.05, 3.63) is 11.7 Å². The van der Waals surface area contributed by atoms with E-state index in [0.29, 0.717) is 37.2 Å². The SMILES string of the molecule is COCCc1noc(CN2CC[C@@]3(CCCN(CC4CCC4)C3=O)C2)n1. The molecule has 4 rings (SSSR count). The summed E-state index contributed by atoms with van der Waals surface area (Å²) < 4.78 is 10.4. The Kier molecular flexibility index (Phi) is 5.27. The van der Waals surface area contributed by atoms with Crippen LogP contribution in [-0.4, -0.2) is 65.7 Å². The van der Waals surface area contributed by atoms with Crippen LogP contribution in [0.25, 0.3) is 0 Å². The van der Waals surface area contributed by atoms with Gasteiger partial charge in [-0.3, -0.25) is 9.69 Å². The summed E-state index contributed by atoms with van der Waals surface area (Å²) in [7, 11) is 1.67. The summed E-state index contributed by atoms with van der Waals surface area (Å²) in [5.41, 5.74) is -0.180. The van der Waals surface area contributed by atoms with Crippen molar-refractivity contribution in [1.82, 2.24) is 19.9 Å². The zero-order valence-electron chi connectivity index (χ0n) is 15.8. The van der Waals surface area contributed by atoms with Crippen LogP contribution < -0.4 is 0 Å². The van der Waals surface area contributed by atoms with Crippen LogP contribution >= 0.6 is 0 Å². The lowest BCUT2D eigenvalue weighted by molar-refractivity contribution is -0.146. The van der Waals surface area contributed by atoms with Gasteiger partial charge in [0.25, 0.3) is 0 Å². The van der Waals surface area contributed by atoms with Gasteiger partial charge in [-0.1, -0.05) is 11.6 Å². The van der Waals surface area contributed by atoms with Crippen molar-refractivity contribution in [3.8, 4) is 0 Å². The van der Waals surface area contributed by atoms with Crippen molar-refractivity contribution in [2.45, 2.75) is 51.5 Å².